The highest BCUT2D eigenvalue weighted by Crippen LogP contribution is 2.16. The Hall–Kier alpha value is -0.920. The zero-order chi connectivity index (χ0) is 13.2. The monoisotopic (exact) mass is 288 g/mol. The third kappa shape index (κ3) is 3.30. The number of nitrogens with two attached hydrogens (primary N) is 1. The smallest absolute Gasteiger partial charge is 0.240 e. The van der Waals surface area contributed by atoms with Gasteiger partial charge in [0.05, 0.1) is 4.90 Å². The molecule has 18 heavy (non-hydrogen) atoms. The summed E-state index contributed by atoms with van der Waals surface area (Å²) in [5.41, 5.74) is 5.99. The second-order valence-corrected chi connectivity index (χ2v) is 7.73. The van der Waals surface area contributed by atoms with Crippen molar-refractivity contribution in [3.63, 3.8) is 0 Å². The first kappa shape index (κ1) is 13.5. The van der Waals surface area contributed by atoms with Crippen LogP contribution >= 0.6 is 0 Å². The lowest BCUT2D eigenvalue weighted by molar-refractivity contribution is 0.522. The van der Waals surface area contributed by atoms with E-state index in [0.717, 1.165) is 0 Å². The Morgan fingerprint density at radius 3 is 2.56 bits per heavy atom. The van der Waals surface area contributed by atoms with E-state index in [2.05, 4.69) is 4.72 Å². The molecule has 1 aromatic carbocycles. The van der Waals surface area contributed by atoms with Crippen LogP contribution in [0.2, 0.25) is 0 Å². The van der Waals surface area contributed by atoms with Gasteiger partial charge in [-0.25, -0.2) is 13.1 Å². The molecule has 1 fully saturated rings. The first-order chi connectivity index (χ1) is 8.47. The third-order valence-corrected chi connectivity index (χ3v) is 5.78. The molecular weight excluding hydrogens is 272 g/mol. The summed E-state index contributed by atoms with van der Waals surface area (Å²) in [6, 6.07) is 6.07. The Balaban J connectivity index is 2.10. The molecule has 7 heteroatoms. The Labute approximate surface area is 109 Å². The Morgan fingerprint density at radius 2 is 1.94 bits per heavy atom. The topological polar surface area (TPSA) is 89.3 Å². The van der Waals surface area contributed by atoms with Crippen LogP contribution in [0.4, 0.5) is 5.69 Å². The van der Waals surface area contributed by atoms with Gasteiger partial charge in [0.25, 0.3) is 0 Å². The zero-order valence-corrected chi connectivity index (χ0v) is 11.5. The molecule has 1 heterocycles. The molecule has 0 saturated carbocycles. The minimum atomic E-state index is -3.53. The average Bonchev–Trinajstić information content (AvgIpc) is 2.32. The number of nitrogen functional groups attached to an aromatic ring is 1. The molecule has 0 radical (unpaired) electrons. The maximum atomic E-state index is 12.1. The number of sulfonamides is 1. The van der Waals surface area contributed by atoms with Gasteiger partial charge in [0, 0.05) is 34.0 Å². The summed E-state index contributed by atoms with van der Waals surface area (Å²) in [5, 5.41) is 0. The van der Waals surface area contributed by atoms with Crippen molar-refractivity contribution in [3.8, 4) is 0 Å². The highest BCUT2D eigenvalue weighted by molar-refractivity contribution is 7.89. The van der Waals surface area contributed by atoms with Crippen molar-refractivity contribution < 1.29 is 12.6 Å². The highest BCUT2D eigenvalue weighted by atomic mass is 32.2. The third-order valence-electron chi connectivity index (χ3n) is 2.88. The van der Waals surface area contributed by atoms with Crippen LogP contribution in [0.25, 0.3) is 0 Å². The van der Waals surface area contributed by atoms with E-state index in [4.69, 9.17) is 5.73 Å². The highest BCUT2D eigenvalue weighted by Gasteiger charge is 2.23. The summed E-state index contributed by atoms with van der Waals surface area (Å²) in [5.74, 6) is 1.12. The molecule has 1 aliphatic heterocycles. The van der Waals surface area contributed by atoms with Crippen molar-refractivity contribution in [2.45, 2.75) is 23.8 Å². The van der Waals surface area contributed by atoms with Gasteiger partial charge in [-0.15, -0.1) is 0 Å². The van der Waals surface area contributed by atoms with E-state index in [-0.39, 0.29) is 10.9 Å². The van der Waals surface area contributed by atoms with Crippen LogP contribution in [-0.4, -0.2) is 30.2 Å². The number of nitrogens with one attached hydrogen (secondary N) is 1. The average molecular weight is 288 g/mol. The van der Waals surface area contributed by atoms with Gasteiger partial charge in [-0.3, -0.25) is 4.21 Å². The van der Waals surface area contributed by atoms with Crippen molar-refractivity contribution in [3.05, 3.63) is 24.3 Å². The molecule has 0 amide bonds. The van der Waals surface area contributed by atoms with Crippen molar-refractivity contribution in [2.24, 2.45) is 0 Å². The number of benzene rings is 1. The zero-order valence-electron chi connectivity index (χ0n) is 9.83. The number of hydrogen-bond acceptors (Lipinski definition) is 4. The fourth-order valence-corrected chi connectivity index (χ4v) is 4.54. The maximum absolute atomic E-state index is 12.1. The standard InChI is InChI=1S/C11H16N2O3S2/c12-9-2-1-3-11(8-9)18(15,16)13-10-4-6-17(14)7-5-10/h1-3,8,10,13H,4-7,12H2. The van der Waals surface area contributed by atoms with Gasteiger partial charge in [0.15, 0.2) is 0 Å². The van der Waals surface area contributed by atoms with E-state index < -0.39 is 20.8 Å². The summed E-state index contributed by atoms with van der Waals surface area (Å²) < 4.78 is 38.0. The summed E-state index contributed by atoms with van der Waals surface area (Å²) in [4.78, 5) is 0.175. The summed E-state index contributed by atoms with van der Waals surface area (Å²) in [6.07, 6.45) is 1.24. The molecule has 0 bridgehead atoms. The van der Waals surface area contributed by atoms with Crippen LogP contribution in [0, 0.1) is 0 Å². The molecule has 3 N–H and O–H groups in total. The fourth-order valence-electron chi connectivity index (χ4n) is 1.88. The van der Waals surface area contributed by atoms with Crippen LogP contribution in [0.1, 0.15) is 12.8 Å². The minimum absolute atomic E-state index is 0.130. The predicted molar refractivity (Wildman–Crippen MR) is 72.1 cm³/mol. The fraction of sp³-hybridized carbons (Fsp3) is 0.455. The van der Waals surface area contributed by atoms with Crippen LogP contribution in [-0.2, 0) is 20.8 Å². The molecular formula is C11H16N2O3S2. The molecule has 1 aliphatic rings. The Kier molecular flexibility index (Phi) is 4.04. The summed E-state index contributed by atoms with van der Waals surface area (Å²) >= 11 is 0. The molecule has 5 nitrogen and oxygen atoms in total. The van der Waals surface area contributed by atoms with Crippen LogP contribution < -0.4 is 10.5 Å². The van der Waals surface area contributed by atoms with Crippen molar-refractivity contribution in [2.75, 3.05) is 17.2 Å². The first-order valence-electron chi connectivity index (χ1n) is 5.70. The second kappa shape index (κ2) is 5.38. The Bertz CT molecular complexity index is 547. The van der Waals surface area contributed by atoms with Crippen molar-refractivity contribution >= 4 is 26.5 Å². The summed E-state index contributed by atoms with van der Waals surface area (Å²) in [7, 11) is -4.32. The quantitative estimate of drug-likeness (QED) is 0.791. The molecule has 0 spiro atoms. The normalized spacial score (nSPS) is 24.9. The molecule has 0 unspecified atom stereocenters. The van der Waals surface area contributed by atoms with E-state index >= 15 is 0 Å². The van der Waals surface area contributed by atoms with Crippen molar-refractivity contribution in [1.29, 1.82) is 0 Å². The lowest BCUT2D eigenvalue weighted by Gasteiger charge is -2.22. The summed E-state index contributed by atoms with van der Waals surface area (Å²) in [6.45, 7) is 0. The van der Waals surface area contributed by atoms with E-state index in [1.165, 1.54) is 12.1 Å². The lowest BCUT2D eigenvalue weighted by atomic mass is 10.2. The number of hydrogen-bond donors (Lipinski definition) is 2. The van der Waals surface area contributed by atoms with Gasteiger partial charge in [-0.2, -0.15) is 0 Å². The minimum Gasteiger partial charge on any atom is -0.399 e. The Morgan fingerprint density at radius 1 is 1.28 bits per heavy atom. The van der Waals surface area contributed by atoms with Gasteiger partial charge in [0.2, 0.25) is 10.0 Å². The van der Waals surface area contributed by atoms with Gasteiger partial charge < -0.3 is 5.73 Å². The molecule has 0 atom stereocenters. The van der Waals surface area contributed by atoms with Gasteiger partial charge in [0.1, 0.15) is 0 Å². The molecule has 0 aliphatic carbocycles. The molecule has 2 rings (SSSR count). The van der Waals surface area contributed by atoms with Crippen LogP contribution in [0.15, 0.2) is 29.2 Å². The predicted octanol–water partition coefficient (Wildman–Crippen LogP) is 0.458. The second-order valence-electron chi connectivity index (χ2n) is 4.32. The first-order valence-corrected chi connectivity index (χ1v) is 8.67. The van der Waals surface area contributed by atoms with Gasteiger partial charge in [-0.05, 0) is 31.0 Å². The molecule has 0 aromatic heterocycles. The van der Waals surface area contributed by atoms with E-state index in [1.807, 2.05) is 0 Å². The van der Waals surface area contributed by atoms with Gasteiger partial charge >= 0.3 is 0 Å². The van der Waals surface area contributed by atoms with E-state index in [9.17, 15) is 12.6 Å². The molecule has 1 saturated heterocycles. The van der Waals surface area contributed by atoms with Crippen LogP contribution in [0.3, 0.4) is 0 Å². The number of rotatable bonds is 3. The molecule has 1 aromatic rings. The van der Waals surface area contributed by atoms with E-state index in [1.54, 1.807) is 12.1 Å². The van der Waals surface area contributed by atoms with Crippen molar-refractivity contribution in [1.82, 2.24) is 4.72 Å². The number of anilines is 1. The largest absolute Gasteiger partial charge is 0.399 e. The van der Waals surface area contributed by atoms with Gasteiger partial charge in [-0.1, -0.05) is 6.07 Å². The molecule has 100 valence electrons. The maximum Gasteiger partial charge on any atom is 0.240 e. The lowest BCUT2D eigenvalue weighted by Crippen LogP contribution is -2.39. The SMILES string of the molecule is Nc1cccc(S(=O)(=O)NC2CCS(=O)CC2)c1. The van der Waals surface area contributed by atoms with E-state index in [0.29, 0.717) is 30.0 Å². The van der Waals surface area contributed by atoms with Crippen LogP contribution in [0.5, 0.6) is 0 Å².